The van der Waals surface area contributed by atoms with Gasteiger partial charge in [0.2, 0.25) is 0 Å². The minimum absolute atomic E-state index is 0.0142. The molecule has 0 saturated carbocycles. The number of likely N-dealkylation sites (N-methyl/N-ethyl adjacent to an activating group) is 1. The summed E-state index contributed by atoms with van der Waals surface area (Å²) in [7, 11) is 1.88. The summed E-state index contributed by atoms with van der Waals surface area (Å²) in [6.45, 7) is 13.2. The van der Waals surface area contributed by atoms with Crippen LogP contribution in [0.5, 0.6) is 0 Å². The van der Waals surface area contributed by atoms with Crippen LogP contribution in [-0.4, -0.2) is 54.8 Å². The van der Waals surface area contributed by atoms with Gasteiger partial charge in [0.15, 0.2) is 0 Å². The fraction of sp³-hybridized carbons (Fsp3) is 0.621. The minimum Gasteiger partial charge on any atom is -0.390 e. The molecule has 1 aromatic carbocycles. The van der Waals surface area contributed by atoms with Crippen LogP contribution < -0.4 is 10.6 Å². The Morgan fingerprint density at radius 1 is 1.16 bits per heavy atom. The van der Waals surface area contributed by atoms with Crippen LogP contribution in [0, 0.1) is 0 Å². The highest BCUT2D eigenvalue weighted by molar-refractivity contribution is 5.94. The molecule has 2 unspecified atom stereocenters. The van der Waals surface area contributed by atoms with Crippen LogP contribution in [0.3, 0.4) is 0 Å². The minimum atomic E-state index is -4.60. The Hall–Kier alpha value is -2.32. The molecule has 37 heavy (non-hydrogen) atoms. The van der Waals surface area contributed by atoms with Crippen LogP contribution in [0.15, 0.2) is 46.7 Å². The molecule has 0 fully saturated rings. The number of nitrogens with one attached hydrogen (secondary N) is 2. The van der Waals surface area contributed by atoms with Crippen molar-refractivity contribution < 1.29 is 18.3 Å². The van der Waals surface area contributed by atoms with E-state index in [0.29, 0.717) is 31.1 Å². The van der Waals surface area contributed by atoms with Crippen molar-refractivity contribution in [3.05, 3.63) is 52.9 Å². The molecular weight excluding hydrogens is 477 g/mol. The monoisotopic (exact) mass is 524 g/mol. The second-order valence-corrected chi connectivity index (χ2v) is 9.66. The van der Waals surface area contributed by atoms with Gasteiger partial charge in [-0.15, -0.1) is 0 Å². The topological polar surface area (TPSA) is 59.9 Å². The van der Waals surface area contributed by atoms with Crippen LogP contribution in [0.1, 0.15) is 84.3 Å². The molecule has 210 valence electrons. The molecule has 3 N–H and O–H groups in total. The van der Waals surface area contributed by atoms with E-state index in [-0.39, 0.29) is 12.2 Å². The smallest absolute Gasteiger partial charge is 0.390 e. The Balaban J connectivity index is 3.16. The molecule has 1 rings (SSSR count). The molecule has 0 amide bonds. The van der Waals surface area contributed by atoms with Crippen molar-refractivity contribution in [3.63, 3.8) is 0 Å². The van der Waals surface area contributed by atoms with Crippen molar-refractivity contribution in [2.45, 2.75) is 91.8 Å². The van der Waals surface area contributed by atoms with Gasteiger partial charge < -0.3 is 20.6 Å². The molecule has 0 aliphatic carbocycles. The number of aliphatic imine (C=N–C) groups is 1. The van der Waals surface area contributed by atoms with E-state index in [1.165, 1.54) is 11.6 Å². The molecule has 2 atom stereocenters. The quantitative estimate of drug-likeness (QED) is 0.131. The number of unbranched alkanes of at least 4 members (excludes halogenated alkanes) is 1. The largest absolute Gasteiger partial charge is 0.419 e. The summed E-state index contributed by atoms with van der Waals surface area (Å²) in [6.07, 6.45) is 0.949. The van der Waals surface area contributed by atoms with Gasteiger partial charge in [-0.05, 0) is 69.3 Å². The third-order valence-electron chi connectivity index (χ3n) is 6.28. The predicted molar refractivity (Wildman–Crippen MR) is 150 cm³/mol. The number of aliphatic hydroxyl groups excluding tert-OH is 1. The lowest BCUT2D eigenvalue weighted by Gasteiger charge is -2.22. The third-order valence-corrected chi connectivity index (χ3v) is 6.28. The third kappa shape index (κ3) is 11.7. The number of rotatable bonds is 15. The molecule has 0 aliphatic rings. The van der Waals surface area contributed by atoms with Crippen LogP contribution >= 0.6 is 0 Å². The zero-order chi connectivity index (χ0) is 28.0. The molecule has 1 aromatic rings. The van der Waals surface area contributed by atoms with E-state index in [2.05, 4.69) is 48.5 Å². The van der Waals surface area contributed by atoms with E-state index in [4.69, 9.17) is 0 Å². The van der Waals surface area contributed by atoms with Crippen LogP contribution in [0.2, 0.25) is 0 Å². The highest BCUT2D eigenvalue weighted by Gasteiger charge is 2.36. The van der Waals surface area contributed by atoms with E-state index in [1.54, 1.807) is 6.92 Å². The van der Waals surface area contributed by atoms with E-state index in [0.717, 1.165) is 43.3 Å². The fourth-order valence-electron chi connectivity index (χ4n) is 3.95. The lowest BCUT2D eigenvalue weighted by molar-refractivity contribution is -0.0901. The fourth-order valence-corrected chi connectivity index (χ4v) is 3.95. The number of allylic oxidation sites excluding steroid dienone is 2. The molecule has 0 aromatic heterocycles. The highest BCUT2D eigenvalue weighted by atomic mass is 19.4. The number of benzene rings is 1. The van der Waals surface area contributed by atoms with Crippen LogP contribution in [-0.2, 0) is 6.42 Å². The van der Waals surface area contributed by atoms with Gasteiger partial charge in [0.1, 0.15) is 5.84 Å². The molecular formula is C29H47F3N4O. The van der Waals surface area contributed by atoms with Gasteiger partial charge >= 0.3 is 6.18 Å². The Kier molecular flexibility index (Phi) is 14.6. The van der Waals surface area contributed by atoms with E-state index in [1.807, 2.05) is 31.9 Å². The number of hydrogen-bond acceptors (Lipinski definition) is 4. The van der Waals surface area contributed by atoms with Crippen molar-refractivity contribution >= 4 is 11.5 Å². The van der Waals surface area contributed by atoms with Crippen molar-refractivity contribution in [1.82, 2.24) is 10.2 Å². The first-order valence-electron chi connectivity index (χ1n) is 13.5. The molecule has 5 nitrogen and oxygen atoms in total. The highest BCUT2D eigenvalue weighted by Crippen LogP contribution is 2.31. The number of hydrogen-bond donors (Lipinski definition) is 3. The summed E-state index contributed by atoms with van der Waals surface area (Å²) in [4.78, 5) is 6.10. The number of anilines is 1. The summed E-state index contributed by atoms with van der Waals surface area (Å²) in [5, 5.41) is 16.3. The first-order chi connectivity index (χ1) is 17.5. The van der Waals surface area contributed by atoms with Crippen molar-refractivity contribution in [1.29, 1.82) is 0 Å². The molecule has 8 heteroatoms. The average molecular weight is 525 g/mol. The van der Waals surface area contributed by atoms with Gasteiger partial charge in [-0.2, -0.15) is 13.2 Å². The van der Waals surface area contributed by atoms with Crippen molar-refractivity contribution in [3.8, 4) is 0 Å². The summed E-state index contributed by atoms with van der Waals surface area (Å²) in [5.74, 6) is 0.807. The second-order valence-electron chi connectivity index (χ2n) is 9.66. The van der Waals surface area contributed by atoms with E-state index in [9.17, 15) is 18.3 Å². The van der Waals surface area contributed by atoms with Crippen molar-refractivity contribution in [2.75, 3.05) is 32.0 Å². The maximum absolute atomic E-state index is 14.1. The molecule has 0 heterocycles. The number of nitrogens with zero attached hydrogens (tertiary/aromatic N) is 2. The Bertz CT molecular complexity index is 909. The molecule has 0 aliphatic heterocycles. The Morgan fingerprint density at radius 2 is 1.86 bits per heavy atom. The maximum Gasteiger partial charge on any atom is 0.419 e. The lowest BCUT2D eigenvalue weighted by Crippen LogP contribution is -2.37. The Morgan fingerprint density at radius 3 is 2.43 bits per heavy atom. The summed E-state index contributed by atoms with van der Waals surface area (Å²) >= 11 is 0. The first kappa shape index (κ1) is 32.7. The van der Waals surface area contributed by atoms with Gasteiger partial charge in [-0.3, -0.25) is 0 Å². The maximum atomic E-state index is 14.1. The number of halogens is 3. The summed E-state index contributed by atoms with van der Waals surface area (Å²) in [6, 6.07) is 6.18. The van der Waals surface area contributed by atoms with Gasteiger partial charge in [-0.25, -0.2) is 4.99 Å². The summed E-state index contributed by atoms with van der Waals surface area (Å²) in [5.41, 5.74) is 2.27. The summed E-state index contributed by atoms with van der Waals surface area (Å²) < 4.78 is 42.2. The van der Waals surface area contributed by atoms with Crippen LogP contribution in [0.4, 0.5) is 18.9 Å². The number of amidine groups is 1. The number of aliphatic hydroxyl groups is 1. The predicted octanol–water partition coefficient (Wildman–Crippen LogP) is 7.02. The van der Waals surface area contributed by atoms with Gasteiger partial charge in [0.05, 0.1) is 11.7 Å². The molecule has 0 bridgehead atoms. The number of alkyl halides is 3. The molecule has 0 spiro atoms. The SMILES string of the molecule is CCC/C=C(NCC(O)CN(C)CCC)/C(=C\N=C(C)Nc1ccc(C(C)CC)cc1CC)C(F)(F)F. The molecule has 0 radical (unpaired) electrons. The van der Waals surface area contributed by atoms with Crippen molar-refractivity contribution in [2.24, 2.45) is 4.99 Å². The van der Waals surface area contributed by atoms with Gasteiger partial charge in [0.25, 0.3) is 0 Å². The Labute approximate surface area is 221 Å². The number of aryl methyl sites for hydroxylation is 1. The lowest BCUT2D eigenvalue weighted by atomic mass is 9.95. The normalized spacial score (nSPS) is 15.2. The standard InChI is InChI=1S/C29H47F3N4O/c1-8-12-13-28(34-18-25(37)20-36(7)16-9-2)26(29(30,31)32)19-33-22(6)35-27-15-14-24(21(5)10-3)17-23(27)11-4/h13-15,17,19,21,25,34,37H,8-12,16,18,20H2,1-7H3,(H,33,35)/b26-19+,28-13-. The van der Waals surface area contributed by atoms with Crippen LogP contribution in [0.25, 0.3) is 0 Å². The van der Waals surface area contributed by atoms with E-state index < -0.39 is 17.9 Å². The van der Waals surface area contributed by atoms with Gasteiger partial charge in [0, 0.05) is 30.7 Å². The molecule has 0 saturated heterocycles. The first-order valence-corrected chi connectivity index (χ1v) is 13.5. The van der Waals surface area contributed by atoms with E-state index >= 15 is 0 Å². The second kappa shape index (κ2) is 16.5. The van der Waals surface area contributed by atoms with Gasteiger partial charge in [-0.1, -0.05) is 59.2 Å². The zero-order valence-electron chi connectivity index (χ0n) is 23.7. The zero-order valence-corrected chi connectivity index (χ0v) is 23.7. The average Bonchev–Trinajstić information content (AvgIpc) is 2.84.